The average Bonchev–Trinajstić information content (AvgIpc) is 2.27. The zero-order valence-electron chi connectivity index (χ0n) is 11.1. The molecule has 0 bridgehead atoms. The lowest BCUT2D eigenvalue weighted by molar-refractivity contribution is -0.00744. The lowest BCUT2D eigenvalue weighted by Crippen LogP contribution is -2.33. The molecule has 0 aromatic carbocycles. The highest BCUT2D eigenvalue weighted by Crippen LogP contribution is 1.97. The third-order valence-corrected chi connectivity index (χ3v) is 2.22. The van der Waals surface area contributed by atoms with E-state index in [1.54, 1.807) is 7.11 Å². The quantitative estimate of drug-likeness (QED) is 0.548. The monoisotopic (exact) mass is 233 g/mol. The molecule has 16 heavy (non-hydrogen) atoms. The van der Waals surface area contributed by atoms with Crippen LogP contribution >= 0.6 is 0 Å². The molecular formula is C12H27NO3. The van der Waals surface area contributed by atoms with Gasteiger partial charge in [0.1, 0.15) is 0 Å². The van der Waals surface area contributed by atoms with E-state index in [-0.39, 0.29) is 6.10 Å². The fraction of sp³-hybridized carbons (Fsp3) is 1.00. The van der Waals surface area contributed by atoms with Gasteiger partial charge in [0.2, 0.25) is 0 Å². The Morgan fingerprint density at radius 2 is 1.75 bits per heavy atom. The molecule has 0 aromatic heterocycles. The highest BCUT2D eigenvalue weighted by molar-refractivity contribution is 4.62. The Morgan fingerprint density at radius 3 is 2.31 bits per heavy atom. The van der Waals surface area contributed by atoms with Gasteiger partial charge < -0.3 is 19.5 Å². The van der Waals surface area contributed by atoms with Crippen LogP contribution in [0.25, 0.3) is 0 Å². The zero-order valence-corrected chi connectivity index (χ0v) is 11.1. The van der Waals surface area contributed by atoms with E-state index in [1.807, 2.05) is 0 Å². The summed E-state index contributed by atoms with van der Waals surface area (Å²) in [6.45, 7) is 9.91. The number of nitrogens with one attached hydrogen (secondary N) is 1. The standard InChI is InChI=1S/C12H27NO3/c1-5-12(10-13-11(2)3)16-9-8-15-7-6-14-4/h11-13H,5-10H2,1-4H3. The van der Waals surface area contributed by atoms with Crippen LogP contribution in [-0.4, -0.2) is 52.2 Å². The van der Waals surface area contributed by atoms with E-state index < -0.39 is 0 Å². The second-order valence-corrected chi connectivity index (χ2v) is 4.07. The third kappa shape index (κ3) is 10.4. The largest absolute Gasteiger partial charge is 0.382 e. The van der Waals surface area contributed by atoms with E-state index in [9.17, 15) is 0 Å². The Morgan fingerprint density at radius 1 is 1.06 bits per heavy atom. The first-order valence-electron chi connectivity index (χ1n) is 6.12. The van der Waals surface area contributed by atoms with Gasteiger partial charge in [-0.2, -0.15) is 0 Å². The molecule has 0 radical (unpaired) electrons. The summed E-state index contributed by atoms with van der Waals surface area (Å²) in [5.74, 6) is 0. The van der Waals surface area contributed by atoms with Crippen LogP contribution in [-0.2, 0) is 14.2 Å². The summed E-state index contributed by atoms with van der Waals surface area (Å²) in [5, 5.41) is 3.37. The molecule has 0 fully saturated rings. The SMILES string of the molecule is CCC(CNC(C)C)OCCOCCOC. The third-order valence-electron chi connectivity index (χ3n) is 2.22. The molecule has 0 rings (SSSR count). The summed E-state index contributed by atoms with van der Waals surface area (Å²) < 4.78 is 15.9. The van der Waals surface area contributed by atoms with Crippen molar-refractivity contribution in [2.75, 3.05) is 40.1 Å². The van der Waals surface area contributed by atoms with Gasteiger partial charge in [-0.15, -0.1) is 0 Å². The van der Waals surface area contributed by atoms with E-state index in [0.29, 0.717) is 32.5 Å². The smallest absolute Gasteiger partial charge is 0.0704 e. The number of hydrogen-bond donors (Lipinski definition) is 1. The van der Waals surface area contributed by atoms with Crippen molar-refractivity contribution in [2.45, 2.75) is 39.3 Å². The molecule has 0 amide bonds. The topological polar surface area (TPSA) is 39.7 Å². The van der Waals surface area contributed by atoms with Crippen molar-refractivity contribution in [3.05, 3.63) is 0 Å². The van der Waals surface area contributed by atoms with Crippen molar-refractivity contribution in [3.63, 3.8) is 0 Å². The first kappa shape index (κ1) is 15.8. The summed E-state index contributed by atoms with van der Waals surface area (Å²) in [7, 11) is 1.67. The molecule has 1 N–H and O–H groups in total. The van der Waals surface area contributed by atoms with E-state index in [2.05, 4.69) is 26.1 Å². The molecule has 0 aliphatic carbocycles. The number of methoxy groups -OCH3 is 1. The van der Waals surface area contributed by atoms with Crippen LogP contribution in [0.3, 0.4) is 0 Å². The van der Waals surface area contributed by atoms with Gasteiger partial charge >= 0.3 is 0 Å². The van der Waals surface area contributed by atoms with Crippen LogP contribution in [0.5, 0.6) is 0 Å². The first-order chi connectivity index (χ1) is 7.70. The Labute approximate surface area is 99.6 Å². The highest BCUT2D eigenvalue weighted by atomic mass is 16.5. The summed E-state index contributed by atoms with van der Waals surface area (Å²) in [6.07, 6.45) is 1.31. The maximum atomic E-state index is 5.69. The Balaban J connectivity index is 3.33. The summed E-state index contributed by atoms with van der Waals surface area (Å²) >= 11 is 0. The molecule has 0 saturated carbocycles. The molecule has 1 atom stereocenters. The maximum Gasteiger partial charge on any atom is 0.0704 e. The van der Waals surface area contributed by atoms with Gasteiger partial charge in [-0.1, -0.05) is 20.8 Å². The highest BCUT2D eigenvalue weighted by Gasteiger charge is 2.06. The minimum Gasteiger partial charge on any atom is -0.382 e. The van der Waals surface area contributed by atoms with Crippen LogP contribution < -0.4 is 5.32 Å². The average molecular weight is 233 g/mol. The van der Waals surface area contributed by atoms with Crippen LogP contribution in [0.4, 0.5) is 0 Å². The molecule has 4 nitrogen and oxygen atoms in total. The van der Waals surface area contributed by atoms with Crippen molar-refractivity contribution < 1.29 is 14.2 Å². The van der Waals surface area contributed by atoms with Crippen LogP contribution in [0.2, 0.25) is 0 Å². The summed E-state index contributed by atoms with van der Waals surface area (Å²) in [6, 6.07) is 0.510. The van der Waals surface area contributed by atoms with Crippen molar-refractivity contribution >= 4 is 0 Å². The van der Waals surface area contributed by atoms with E-state index in [4.69, 9.17) is 14.2 Å². The molecule has 0 saturated heterocycles. The van der Waals surface area contributed by atoms with Crippen molar-refractivity contribution in [3.8, 4) is 0 Å². The van der Waals surface area contributed by atoms with Gasteiger partial charge in [0.15, 0.2) is 0 Å². The van der Waals surface area contributed by atoms with Gasteiger partial charge in [-0.25, -0.2) is 0 Å². The lowest BCUT2D eigenvalue weighted by Gasteiger charge is -2.18. The van der Waals surface area contributed by atoms with Gasteiger partial charge in [0.25, 0.3) is 0 Å². The molecule has 0 aliphatic rings. The van der Waals surface area contributed by atoms with E-state index >= 15 is 0 Å². The Bertz CT molecular complexity index is 142. The molecule has 98 valence electrons. The number of ether oxygens (including phenoxy) is 3. The van der Waals surface area contributed by atoms with Crippen LogP contribution in [0.1, 0.15) is 27.2 Å². The van der Waals surface area contributed by atoms with Gasteiger partial charge in [0, 0.05) is 19.7 Å². The number of rotatable bonds is 11. The van der Waals surface area contributed by atoms with Crippen molar-refractivity contribution in [1.29, 1.82) is 0 Å². The van der Waals surface area contributed by atoms with Crippen molar-refractivity contribution in [2.24, 2.45) is 0 Å². The minimum atomic E-state index is 0.286. The Kier molecular flexibility index (Phi) is 11.2. The molecule has 0 spiro atoms. The molecular weight excluding hydrogens is 206 g/mol. The summed E-state index contributed by atoms with van der Waals surface area (Å²) in [4.78, 5) is 0. The molecule has 0 aromatic rings. The van der Waals surface area contributed by atoms with Gasteiger partial charge in [-0.05, 0) is 6.42 Å². The second-order valence-electron chi connectivity index (χ2n) is 4.07. The molecule has 1 unspecified atom stereocenters. The molecule has 0 heterocycles. The van der Waals surface area contributed by atoms with Crippen LogP contribution in [0.15, 0.2) is 0 Å². The van der Waals surface area contributed by atoms with Gasteiger partial charge in [0.05, 0.1) is 32.5 Å². The normalized spacial score (nSPS) is 13.3. The molecule has 0 aliphatic heterocycles. The van der Waals surface area contributed by atoms with Gasteiger partial charge in [-0.3, -0.25) is 0 Å². The zero-order chi connectivity index (χ0) is 12.2. The summed E-state index contributed by atoms with van der Waals surface area (Å²) in [5.41, 5.74) is 0. The second kappa shape index (κ2) is 11.3. The fourth-order valence-corrected chi connectivity index (χ4v) is 1.21. The minimum absolute atomic E-state index is 0.286. The first-order valence-corrected chi connectivity index (χ1v) is 6.12. The predicted octanol–water partition coefficient (Wildman–Crippen LogP) is 1.44. The van der Waals surface area contributed by atoms with E-state index in [0.717, 1.165) is 13.0 Å². The maximum absolute atomic E-state index is 5.69. The van der Waals surface area contributed by atoms with Crippen molar-refractivity contribution in [1.82, 2.24) is 5.32 Å². The lowest BCUT2D eigenvalue weighted by atomic mass is 10.2. The number of hydrogen-bond acceptors (Lipinski definition) is 4. The van der Waals surface area contributed by atoms with Crippen LogP contribution in [0, 0.1) is 0 Å². The fourth-order valence-electron chi connectivity index (χ4n) is 1.21. The molecule has 4 heteroatoms. The predicted molar refractivity (Wildman–Crippen MR) is 65.9 cm³/mol. The van der Waals surface area contributed by atoms with E-state index in [1.165, 1.54) is 0 Å². The Hall–Kier alpha value is -0.160.